The van der Waals surface area contributed by atoms with Gasteiger partial charge in [-0.3, -0.25) is 14.2 Å². The van der Waals surface area contributed by atoms with E-state index in [-0.39, 0.29) is 23.9 Å². The Hall–Kier alpha value is -2.47. The molecular weight excluding hydrogens is 394 g/mol. The molecule has 1 aliphatic heterocycles. The second kappa shape index (κ2) is 6.68. The number of carbonyl (C=O) groups excluding carboxylic acids is 1. The number of carbonyl (C=O) groups is 1. The summed E-state index contributed by atoms with van der Waals surface area (Å²) in [5.74, 6) is 0.0312. The number of rotatable bonds is 3. The summed E-state index contributed by atoms with van der Waals surface area (Å²) in [6, 6.07) is 13.6. The number of halogens is 1. The quantitative estimate of drug-likeness (QED) is 0.662. The maximum atomic E-state index is 12.8. The average Bonchev–Trinajstić information content (AvgIpc) is 2.97. The van der Waals surface area contributed by atoms with Crippen molar-refractivity contribution in [1.82, 2.24) is 9.55 Å². The Morgan fingerprint density at radius 3 is 2.92 bits per heavy atom. The first-order valence-corrected chi connectivity index (χ1v) is 9.38. The number of anilines is 1. The van der Waals surface area contributed by atoms with Crippen LogP contribution in [0.2, 0.25) is 0 Å². The number of hydrogen-bond acceptors (Lipinski definition) is 3. The molecule has 1 amide bonds. The number of aromatic nitrogens is 2. The summed E-state index contributed by atoms with van der Waals surface area (Å²) in [5.41, 5.74) is 2.71. The van der Waals surface area contributed by atoms with Crippen molar-refractivity contribution in [3.05, 3.63) is 69.2 Å². The third-order valence-corrected chi connectivity index (χ3v) is 5.32. The van der Waals surface area contributed by atoms with Gasteiger partial charge in [0.05, 0.1) is 17.2 Å². The minimum absolute atomic E-state index is 0.0312. The molecule has 0 fully saturated rings. The molecule has 0 N–H and O–H groups in total. The summed E-state index contributed by atoms with van der Waals surface area (Å²) in [7, 11) is 0. The van der Waals surface area contributed by atoms with E-state index >= 15 is 0 Å². The Kier molecular flexibility index (Phi) is 4.36. The molecule has 0 saturated carbocycles. The average molecular weight is 412 g/mol. The van der Waals surface area contributed by atoms with Crippen LogP contribution in [-0.2, 0) is 17.8 Å². The van der Waals surface area contributed by atoms with Gasteiger partial charge in [0.2, 0.25) is 5.91 Å². The van der Waals surface area contributed by atoms with E-state index in [2.05, 4.69) is 33.9 Å². The largest absolute Gasteiger partial charge is 0.309 e. The lowest BCUT2D eigenvalue weighted by atomic mass is 10.1. The second-order valence-electron chi connectivity index (χ2n) is 6.60. The van der Waals surface area contributed by atoms with Crippen molar-refractivity contribution in [3.8, 4) is 0 Å². The summed E-state index contributed by atoms with van der Waals surface area (Å²) in [6.45, 7) is 2.37. The Bertz CT molecular complexity index is 1060. The Morgan fingerprint density at radius 1 is 1.27 bits per heavy atom. The highest BCUT2D eigenvalue weighted by Crippen LogP contribution is 2.32. The molecule has 1 atom stereocenters. The fraction of sp³-hybridized carbons (Fsp3) is 0.250. The monoisotopic (exact) mass is 411 g/mol. The van der Waals surface area contributed by atoms with E-state index in [4.69, 9.17) is 0 Å². The molecule has 0 spiro atoms. The van der Waals surface area contributed by atoms with Gasteiger partial charge < -0.3 is 4.90 Å². The van der Waals surface area contributed by atoms with E-state index in [1.165, 1.54) is 16.5 Å². The van der Waals surface area contributed by atoms with Crippen molar-refractivity contribution in [2.24, 2.45) is 0 Å². The van der Waals surface area contributed by atoms with Crippen LogP contribution >= 0.6 is 15.9 Å². The van der Waals surface area contributed by atoms with Crippen molar-refractivity contribution in [1.29, 1.82) is 0 Å². The first-order valence-electron chi connectivity index (χ1n) is 8.59. The van der Waals surface area contributed by atoms with E-state index in [0.29, 0.717) is 17.4 Å². The molecule has 0 aliphatic carbocycles. The Labute approximate surface area is 159 Å². The SMILES string of the molecule is CC1Cc2ccccc2N1C(=O)CCn1cnc2ccc(Br)cc2c1=O. The first kappa shape index (κ1) is 17.0. The zero-order chi connectivity index (χ0) is 18.3. The molecule has 1 aromatic heterocycles. The molecule has 132 valence electrons. The van der Waals surface area contributed by atoms with E-state index in [1.807, 2.05) is 29.2 Å². The number of benzene rings is 2. The number of para-hydroxylation sites is 1. The van der Waals surface area contributed by atoms with Crippen molar-refractivity contribution in [2.45, 2.75) is 32.4 Å². The number of fused-ring (bicyclic) bond motifs is 2. The van der Waals surface area contributed by atoms with Crippen LogP contribution in [0.3, 0.4) is 0 Å². The van der Waals surface area contributed by atoms with Crippen LogP contribution in [-0.4, -0.2) is 21.5 Å². The molecule has 1 aliphatic rings. The predicted octanol–water partition coefficient (Wildman–Crippen LogP) is 3.53. The van der Waals surface area contributed by atoms with Gasteiger partial charge in [-0.05, 0) is 43.2 Å². The van der Waals surface area contributed by atoms with E-state index in [0.717, 1.165) is 16.6 Å². The lowest BCUT2D eigenvalue weighted by Gasteiger charge is -2.23. The van der Waals surface area contributed by atoms with Crippen LogP contribution in [0.5, 0.6) is 0 Å². The third-order valence-electron chi connectivity index (χ3n) is 4.83. The maximum absolute atomic E-state index is 12.8. The van der Waals surface area contributed by atoms with Gasteiger partial charge in [-0.1, -0.05) is 34.1 Å². The van der Waals surface area contributed by atoms with Crippen molar-refractivity contribution in [2.75, 3.05) is 4.90 Å². The highest BCUT2D eigenvalue weighted by molar-refractivity contribution is 9.10. The fourth-order valence-electron chi connectivity index (χ4n) is 3.57. The molecular formula is C20H18BrN3O2. The maximum Gasteiger partial charge on any atom is 0.261 e. The zero-order valence-corrected chi connectivity index (χ0v) is 15.9. The standard InChI is InChI=1S/C20H18BrN3O2/c1-13-10-14-4-2-3-5-18(14)24(13)19(25)8-9-23-12-22-17-7-6-15(21)11-16(17)20(23)26/h2-7,11-13H,8-10H2,1H3. The van der Waals surface area contributed by atoms with Gasteiger partial charge in [0, 0.05) is 29.2 Å². The number of nitrogens with zero attached hydrogens (tertiary/aromatic N) is 3. The van der Waals surface area contributed by atoms with E-state index in [1.54, 1.807) is 12.1 Å². The first-order chi connectivity index (χ1) is 12.5. The lowest BCUT2D eigenvalue weighted by Crippen LogP contribution is -2.36. The van der Waals surface area contributed by atoms with Crippen LogP contribution in [0.25, 0.3) is 10.9 Å². The summed E-state index contributed by atoms with van der Waals surface area (Å²) in [4.78, 5) is 31.6. The smallest absolute Gasteiger partial charge is 0.261 e. The molecule has 0 saturated heterocycles. The van der Waals surface area contributed by atoms with Crippen molar-refractivity contribution < 1.29 is 4.79 Å². The minimum Gasteiger partial charge on any atom is -0.309 e. The zero-order valence-electron chi connectivity index (χ0n) is 14.4. The van der Waals surface area contributed by atoms with Crippen LogP contribution in [0.1, 0.15) is 18.9 Å². The van der Waals surface area contributed by atoms with Gasteiger partial charge in [0.1, 0.15) is 0 Å². The van der Waals surface area contributed by atoms with Crippen molar-refractivity contribution in [3.63, 3.8) is 0 Å². The molecule has 6 heteroatoms. The van der Waals surface area contributed by atoms with E-state index in [9.17, 15) is 9.59 Å². The molecule has 0 bridgehead atoms. The molecule has 1 unspecified atom stereocenters. The van der Waals surface area contributed by atoms with Crippen LogP contribution in [0.15, 0.2) is 58.1 Å². The normalized spacial score (nSPS) is 16.1. The van der Waals surface area contributed by atoms with Gasteiger partial charge in [-0.25, -0.2) is 4.98 Å². The lowest BCUT2D eigenvalue weighted by molar-refractivity contribution is -0.119. The molecule has 0 radical (unpaired) electrons. The Morgan fingerprint density at radius 2 is 2.08 bits per heavy atom. The molecule has 3 aromatic rings. The Balaban J connectivity index is 1.56. The second-order valence-corrected chi connectivity index (χ2v) is 7.52. The highest BCUT2D eigenvalue weighted by atomic mass is 79.9. The van der Waals surface area contributed by atoms with Crippen molar-refractivity contribution >= 4 is 38.4 Å². The van der Waals surface area contributed by atoms with Crippen LogP contribution in [0, 0.1) is 0 Å². The van der Waals surface area contributed by atoms with Gasteiger partial charge in [-0.15, -0.1) is 0 Å². The fourth-order valence-corrected chi connectivity index (χ4v) is 3.93. The minimum atomic E-state index is -0.126. The van der Waals surface area contributed by atoms with Crippen LogP contribution in [0.4, 0.5) is 5.69 Å². The van der Waals surface area contributed by atoms with Gasteiger partial charge in [0.25, 0.3) is 5.56 Å². The topological polar surface area (TPSA) is 55.2 Å². The third kappa shape index (κ3) is 2.94. The number of amides is 1. The molecule has 5 nitrogen and oxygen atoms in total. The summed E-state index contributed by atoms with van der Waals surface area (Å²) in [6.07, 6.45) is 2.65. The van der Waals surface area contributed by atoms with Gasteiger partial charge >= 0.3 is 0 Å². The summed E-state index contributed by atoms with van der Waals surface area (Å²) < 4.78 is 2.35. The van der Waals surface area contributed by atoms with Gasteiger partial charge in [0.15, 0.2) is 0 Å². The summed E-state index contributed by atoms with van der Waals surface area (Å²) in [5, 5.41) is 0.550. The highest BCUT2D eigenvalue weighted by Gasteiger charge is 2.30. The van der Waals surface area contributed by atoms with Crippen LogP contribution < -0.4 is 10.5 Å². The molecule has 4 rings (SSSR count). The van der Waals surface area contributed by atoms with E-state index < -0.39 is 0 Å². The molecule has 26 heavy (non-hydrogen) atoms. The molecule has 2 heterocycles. The predicted molar refractivity (Wildman–Crippen MR) is 105 cm³/mol. The van der Waals surface area contributed by atoms with Gasteiger partial charge in [-0.2, -0.15) is 0 Å². The number of aryl methyl sites for hydroxylation is 1. The molecule has 2 aromatic carbocycles. The summed E-state index contributed by atoms with van der Waals surface area (Å²) >= 11 is 3.38. The number of hydrogen-bond donors (Lipinski definition) is 0.